The lowest BCUT2D eigenvalue weighted by Crippen LogP contribution is -2.33. The van der Waals surface area contributed by atoms with Crippen LogP contribution in [0, 0.1) is 5.92 Å². The first kappa shape index (κ1) is 18.1. The Kier molecular flexibility index (Phi) is 7.28. The lowest BCUT2D eigenvalue weighted by Gasteiger charge is -2.23. The molecule has 1 aliphatic rings. The summed E-state index contributed by atoms with van der Waals surface area (Å²) in [7, 11) is -3.19. The van der Waals surface area contributed by atoms with Crippen molar-refractivity contribution in [3.05, 3.63) is 24.3 Å². The monoisotopic (exact) mass is 333 g/mol. The van der Waals surface area contributed by atoms with Crippen molar-refractivity contribution < 1.29 is 8.42 Å². The van der Waals surface area contributed by atoms with Gasteiger partial charge in [-0.3, -0.25) is 4.72 Å². The molecule has 1 aromatic carbocycles. The maximum absolute atomic E-state index is 11.5. The minimum Gasteiger partial charge on any atom is -0.385 e. The second-order valence-electron chi connectivity index (χ2n) is 5.18. The van der Waals surface area contributed by atoms with Crippen LogP contribution in [0.4, 0.5) is 11.4 Å². The molecule has 1 atom stereocenters. The van der Waals surface area contributed by atoms with Gasteiger partial charge in [-0.1, -0.05) is 0 Å². The summed E-state index contributed by atoms with van der Waals surface area (Å²) in [4.78, 5) is 0. The van der Waals surface area contributed by atoms with Crippen LogP contribution in [0.1, 0.15) is 19.8 Å². The van der Waals surface area contributed by atoms with Gasteiger partial charge in [0.25, 0.3) is 0 Å². The summed E-state index contributed by atoms with van der Waals surface area (Å²) in [5.41, 5.74) is 1.63. The summed E-state index contributed by atoms with van der Waals surface area (Å²) in [6.45, 7) is 4.77. The average molecular weight is 334 g/mol. The van der Waals surface area contributed by atoms with E-state index in [-0.39, 0.29) is 18.2 Å². The molecule has 1 fully saturated rings. The molecule has 1 unspecified atom stereocenters. The van der Waals surface area contributed by atoms with E-state index in [2.05, 4.69) is 15.4 Å². The fourth-order valence-electron chi connectivity index (χ4n) is 2.27. The predicted octanol–water partition coefficient (Wildman–Crippen LogP) is 2.28. The van der Waals surface area contributed by atoms with E-state index in [1.165, 1.54) is 12.8 Å². The van der Waals surface area contributed by atoms with Crippen molar-refractivity contribution in [1.29, 1.82) is 0 Å². The van der Waals surface area contributed by atoms with Gasteiger partial charge >= 0.3 is 0 Å². The number of halogens is 1. The number of benzene rings is 1. The molecule has 7 heteroatoms. The fraction of sp³-hybridized carbons (Fsp3) is 0.571. The molecule has 0 aromatic heterocycles. The number of hydrogen-bond donors (Lipinski definition) is 3. The molecule has 0 amide bonds. The fourth-order valence-corrected chi connectivity index (χ4v) is 2.91. The Hall–Kier alpha value is -0.980. The lowest BCUT2D eigenvalue weighted by molar-refractivity contribution is 0.393. The molecule has 3 N–H and O–H groups in total. The Balaban J connectivity index is 0.00000220. The summed E-state index contributed by atoms with van der Waals surface area (Å²) in [5.74, 6) is 0.754. The van der Waals surface area contributed by atoms with Crippen LogP contribution in [-0.4, -0.2) is 33.8 Å². The zero-order valence-corrected chi connectivity index (χ0v) is 13.9. The van der Waals surface area contributed by atoms with Crippen LogP contribution >= 0.6 is 12.4 Å². The van der Waals surface area contributed by atoms with Crippen LogP contribution in [-0.2, 0) is 10.0 Å². The first-order valence-corrected chi connectivity index (χ1v) is 8.79. The summed E-state index contributed by atoms with van der Waals surface area (Å²) < 4.78 is 25.4. The highest BCUT2D eigenvalue weighted by Gasteiger charge is 2.12. The molecule has 1 saturated heterocycles. The third kappa shape index (κ3) is 6.11. The third-order valence-electron chi connectivity index (χ3n) is 3.53. The molecule has 0 spiro atoms. The normalized spacial score (nSPS) is 18.6. The smallest absolute Gasteiger partial charge is 0.232 e. The van der Waals surface area contributed by atoms with Crippen molar-refractivity contribution in [2.45, 2.75) is 19.8 Å². The standard InChI is InChI=1S/C14H23N3O2S.ClH/c1-2-20(18,19)17-14-7-5-13(6-8-14)16-11-12-4-3-9-15-10-12;/h5-8,12,15-17H,2-4,9-11H2,1H3;1H. The first-order valence-electron chi connectivity index (χ1n) is 7.14. The van der Waals surface area contributed by atoms with Gasteiger partial charge in [0.1, 0.15) is 0 Å². The second-order valence-corrected chi connectivity index (χ2v) is 7.19. The molecular weight excluding hydrogens is 310 g/mol. The summed E-state index contributed by atoms with van der Waals surface area (Å²) in [5, 5.41) is 6.80. The Morgan fingerprint density at radius 2 is 1.90 bits per heavy atom. The van der Waals surface area contributed by atoms with Gasteiger partial charge in [0.05, 0.1) is 5.75 Å². The van der Waals surface area contributed by atoms with Gasteiger partial charge in [-0.2, -0.15) is 0 Å². The van der Waals surface area contributed by atoms with Crippen LogP contribution in [0.2, 0.25) is 0 Å². The van der Waals surface area contributed by atoms with Gasteiger partial charge in [-0.15, -0.1) is 12.4 Å². The largest absolute Gasteiger partial charge is 0.385 e. The van der Waals surface area contributed by atoms with Crippen LogP contribution in [0.5, 0.6) is 0 Å². The van der Waals surface area contributed by atoms with Crippen molar-refractivity contribution in [3.8, 4) is 0 Å². The van der Waals surface area contributed by atoms with Crippen LogP contribution < -0.4 is 15.4 Å². The van der Waals surface area contributed by atoms with E-state index in [0.717, 1.165) is 25.3 Å². The molecule has 1 aliphatic heterocycles. The van der Waals surface area contributed by atoms with E-state index in [4.69, 9.17) is 0 Å². The van der Waals surface area contributed by atoms with E-state index in [9.17, 15) is 8.42 Å². The van der Waals surface area contributed by atoms with Gasteiger partial charge in [0, 0.05) is 17.9 Å². The Bertz CT molecular complexity index is 514. The Morgan fingerprint density at radius 3 is 2.48 bits per heavy atom. The van der Waals surface area contributed by atoms with Gasteiger partial charge in [0.2, 0.25) is 10.0 Å². The van der Waals surface area contributed by atoms with E-state index >= 15 is 0 Å². The molecule has 5 nitrogen and oxygen atoms in total. The number of anilines is 2. The van der Waals surface area contributed by atoms with E-state index in [0.29, 0.717) is 11.6 Å². The molecule has 21 heavy (non-hydrogen) atoms. The number of sulfonamides is 1. The highest BCUT2D eigenvalue weighted by atomic mass is 35.5. The maximum atomic E-state index is 11.5. The predicted molar refractivity (Wildman–Crippen MR) is 90.9 cm³/mol. The topological polar surface area (TPSA) is 70.2 Å². The first-order chi connectivity index (χ1) is 9.59. The quantitative estimate of drug-likeness (QED) is 0.747. The molecular formula is C14H24ClN3O2S. The van der Waals surface area contributed by atoms with Gasteiger partial charge in [-0.05, 0) is 63.0 Å². The number of piperidine rings is 1. The zero-order chi connectivity index (χ0) is 14.4. The average Bonchev–Trinajstić information content (AvgIpc) is 2.47. The van der Waals surface area contributed by atoms with Gasteiger partial charge in [-0.25, -0.2) is 8.42 Å². The SMILES string of the molecule is CCS(=O)(=O)Nc1ccc(NCC2CCCNC2)cc1.Cl. The van der Waals surface area contributed by atoms with Crippen molar-refractivity contribution in [2.24, 2.45) is 5.92 Å². The van der Waals surface area contributed by atoms with Crippen LogP contribution in [0.3, 0.4) is 0 Å². The number of rotatable bonds is 6. The highest BCUT2D eigenvalue weighted by molar-refractivity contribution is 7.92. The summed E-state index contributed by atoms with van der Waals surface area (Å²) >= 11 is 0. The molecule has 2 rings (SSSR count). The molecule has 0 radical (unpaired) electrons. The summed E-state index contributed by atoms with van der Waals surface area (Å²) in [6.07, 6.45) is 2.50. The van der Waals surface area contributed by atoms with Crippen LogP contribution in [0.15, 0.2) is 24.3 Å². The molecule has 0 saturated carbocycles. The van der Waals surface area contributed by atoms with Gasteiger partial charge < -0.3 is 10.6 Å². The lowest BCUT2D eigenvalue weighted by atomic mass is 10.00. The molecule has 1 aromatic rings. The zero-order valence-electron chi connectivity index (χ0n) is 12.3. The minimum atomic E-state index is -3.19. The molecule has 0 aliphatic carbocycles. The molecule has 120 valence electrons. The summed E-state index contributed by atoms with van der Waals surface area (Å²) in [6, 6.07) is 7.39. The Labute approximate surface area is 133 Å². The highest BCUT2D eigenvalue weighted by Crippen LogP contribution is 2.16. The second kappa shape index (κ2) is 8.46. The third-order valence-corrected chi connectivity index (χ3v) is 4.84. The number of nitrogens with one attached hydrogen (secondary N) is 3. The molecule has 1 heterocycles. The maximum Gasteiger partial charge on any atom is 0.232 e. The van der Waals surface area contributed by atoms with E-state index in [1.54, 1.807) is 19.1 Å². The van der Waals surface area contributed by atoms with Crippen molar-refractivity contribution in [3.63, 3.8) is 0 Å². The Morgan fingerprint density at radius 1 is 1.24 bits per heavy atom. The van der Waals surface area contributed by atoms with Crippen LogP contribution in [0.25, 0.3) is 0 Å². The number of hydrogen-bond acceptors (Lipinski definition) is 4. The van der Waals surface area contributed by atoms with Gasteiger partial charge in [0.15, 0.2) is 0 Å². The van der Waals surface area contributed by atoms with E-state index in [1.807, 2.05) is 12.1 Å². The minimum absolute atomic E-state index is 0. The van der Waals surface area contributed by atoms with Crippen molar-refractivity contribution >= 4 is 33.8 Å². The van der Waals surface area contributed by atoms with Crippen molar-refractivity contribution in [1.82, 2.24) is 5.32 Å². The molecule has 0 bridgehead atoms. The van der Waals surface area contributed by atoms with Crippen molar-refractivity contribution in [2.75, 3.05) is 35.4 Å². The van der Waals surface area contributed by atoms with E-state index < -0.39 is 10.0 Å².